The van der Waals surface area contributed by atoms with Gasteiger partial charge in [0.05, 0.1) is 0 Å². The number of pyridine rings is 1. The van der Waals surface area contributed by atoms with Gasteiger partial charge >= 0.3 is 0 Å². The number of hydrogen-bond acceptors (Lipinski definition) is 6. The van der Waals surface area contributed by atoms with Crippen molar-refractivity contribution in [1.29, 1.82) is 0 Å². The lowest BCUT2D eigenvalue weighted by Gasteiger charge is -2.06. The summed E-state index contributed by atoms with van der Waals surface area (Å²) in [5.74, 6) is 1.44. The van der Waals surface area contributed by atoms with Crippen molar-refractivity contribution in [2.75, 3.05) is 0 Å². The second kappa shape index (κ2) is 8.05. The van der Waals surface area contributed by atoms with Gasteiger partial charge in [0.15, 0.2) is 5.82 Å². The number of nitrogens with zero attached hydrogens (tertiary/aromatic N) is 5. The summed E-state index contributed by atoms with van der Waals surface area (Å²) in [6.45, 7) is 4.43. The third-order valence-electron chi connectivity index (χ3n) is 4.56. The Balaban J connectivity index is 1.49. The maximum atomic E-state index is 12.5. The van der Waals surface area contributed by atoms with Gasteiger partial charge in [0.25, 0.3) is 11.8 Å². The lowest BCUT2D eigenvalue weighted by Crippen LogP contribution is -2.23. The molecule has 0 unspecified atom stereocenters. The molecule has 8 nitrogen and oxygen atoms in total. The summed E-state index contributed by atoms with van der Waals surface area (Å²) in [6.07, 6.45) is 5.55. The molecule has 3 heterocycles. The number of hydrogen-bond donors (Lipinski definition) is 1. The van der Waals surface area contributed by atoms with Crippen LogP contribution >= 0.6 is 0 Å². The highest BCUT2D eigenvalue weighted by molar-refractivity contribution is 5.92. The van der Waals surface area contributed by atoms with Crippen LogP contribution in [0, 0.1) is 6.92 Å². The fourth-order valence-electron chi connectivity index (χ4n) is 2.85. The van der Waals surface area contributed by atoms with Gasteiger partial charge in [0, 0.05) is 30.9 Å². The molecule has 0 aliphatic carbocycles. The van der Waals surface area contributed by atoms with Crippen molar-refractivity contribution in [1.82, 2.24) is 30.0 Å². The minimum Gasteiger partial charge on any atom is -0.347 e. The van der Waals surface area contributed by atoms with E-state index in [1.54, 1.807) is 29.4 Å². The van der Waals surface area contributed by atoms with Crippen molar-refractivity contribution in [2.45, 2.75) is 26.8 Å². The summed E-state index contributed by atoms with van der Waals surface area (Å²) >= 11 is 0. The second-order valence-electron chi connectivity index (χ2n) is 6.55. The van der Waals surface area contributed by atoms with E-state index in [1.807, 2.05) is 44.2 Å². The normalized spacial score (nSPS) is 10.8. The number of imidazole rings is 1. The van der Waals surface area contributed by atoms with Crippen LogP contribution in [0.5, 0.6) is 0 Å². The van der Waals surface area contributed by atoms with E-state index in [0.717, 1.165) is 16.7 Å². The predicted molar refractivity (Wildman–Crippen MR) is 106 cm³/mol. The van der Waals surface area contributed by atoms with Crippen molar-refractivity contribution < 1.29 is 9.32 Å². The van der Waals surface area contributed by atoms with Crippen molar-refractivity contribution in [2.24, 2.45) is 0 Å². The Bertz CT molecular complexity index is 1150. The first kappa shape index (κ1) is 18.5. The van der Waals surface area contributed by atoms with E-state index in [1.165, 1.54) is 0 Å². The molecule has 0 fully saturated rings. The molecule has 8 heteroatoms. The lowest BCUT2D eigenvalue weighted by molar-refractivity contribution is 0.0946. The SMILES string of the molecule is CCc1noc(-c2ccnc(-n3cnc(C(=O)NCc4ccccc4C)c3)c2)n1. The van der Waals surface area contributed by atoms with Gasteiger partial charge in [-0.15, -0.1) is 0 Å². The highest BCUT2D eigenvalue weighted by atomic mass is 16.5. The maximum absolute atomic E-state index is 12.5. The second-order valence-corrected chi connectivity index (χ2v) is 6.55. The van der Waals surface area contributed by atoms with Crippen LogP contribution in [-0.4, -0.2) is 30.6 Å². The van der Waals surface area contributed by atoms with E-state index in [0.29, 0.717) is 36.2 Å². The van der Waals surface area contributed by atoms with Gasteiger partial charge in [-0.1, -0.05) is 36.3 Å². The number of carbonyl (C=O) groups excluding carboxylic acids is 1. The highest BCUT2D eigenvalue weighted by Crippen LogP contribution is 2.19. The number of amides is 1. The molecule has 0 bridgehead atoms. The molecule has 0 radical (unpaired) electrons. The van der Waals surface area contributed by atoms with E-state index in [4.69, 9.17) is 4.52 Å². The molecule has 1 aromatic carbocycles. The molecule has 0 aliphatic heterocycles. The van der Waals surface area contributed by atoms with E-state index in [9.17, 15) is 4.79 Å². The molecule has 0 saturated carbocycles. The number of rotatable bonds is 6. The van der Waals surface area contributed by atoms with Crippen LogP contribution in [0.1, 0.15) is 34.4 Å². The molecule has 4 rings (SSSR count). The first-order valence-electron chi connectivity index (χ1n) is 9.30. The minimum absolute atomic E-state index is 0.243. The molecule has 29 heavy (non-hydrogen) atoms. The largest absolute Gasteiger partial charge is 0.347 e. The predicted octanol–water partition coefficient (Wildman–Crippen LogP) is 3.12. The van der Waals surface area contributed by atoms with Gasteiger partial charge in [0.2, 0.25) is 0 Å². The van der Waals surface area contributed by atoms with Gasteiger partial charge in [-0.05, 0) is 30.2 Å². The average Bonchev–Trinajstić information content (AvgIpc) is 3.43. The third-order valence-corrected chi connectivity index (χ3v) is 4.56. The van der Waals surface area contributed by atoms with Crippen molar-refractivity contribution in [3.05, 3.63) is 77.8 Å². The molecule has 1 amide bonds. The van der Waals surface area contributed by atoms with Gasteiger partial charge in [-0.25, -0.2) is 9.97 Å². The number of nitrogens with one attached hydrogen (secondary N) is 1. The Morgan fingerprint density at radius 3 is 2.86 bits per heavy atom. The minimum atomic E-state index is -0.243. The Kier molecular flexibility index (Phi) is 5.15. The molecular formula is C21H20N6O2. The van der Waals surface area contributed by atoms with E-state index in [-0.39, 0.29) is 5.91 Å². The third kappa shape index (κ3) is 4.06. The van der Waals surface area contributed by atoms with Gasteiger partial charge in [-0.2, -0.15) is 4.98 Å². The number of carbonyl (C=O) groups is 1. The summed E-state index contributed by atoms with van der Waals surface area (Å²) in [4.78, 5) is 25.3. The van der Waals surface area contributed by atoms with Crippen molar-refractivity contribution in [3.8, 4) is 17.3 Å². The van der Waals surface area contributed by atoms with E-state index in [2.05, 4.69) is 25.4 Å². The molecule has 4 aromatic rings. The quantitative estimate of drug-likeness (QED) is 0.545. The van der Waals surface area contributed by atoms with Crippen LogP contribution < -0.4 is 5.32 Å². The van der Waals surface area contributed by atoms with Crippen molar-refractivity contribution in [3.63, 3.8) is 0 Å². The van der Waals surface area contributed by atoms with E-state index >= 15 is 0 Å². The number of aryl methyl sites for hydroxylation is 2. The van der Waals surface area contributed by atoms with Gasteiger partial charge in [0.1, 0.15) is 17.8 Å². The monoisotopic (exact) mass is 388 g/mol. The highest BCUT2D eigenvalue weighted by Gasteiger charge is 2.13. The molecule has 0 aliphatic rings. The van der Waals surface area contributed by atoms with Crippen LogP contribution in [-0.2, 0) is 13.0 Å². The lowest BCUT2D eigenvalue weighted by atomic mass is 10.1. The Morgan fingerprint density at radius 2 is 2.07 bits per heavy atom. The van der Waals surface area contributed by atoms with Crippen LogP contribution in [0.2, 0.25) is 0 Å². The summed E-state index contributed by atoms with van der Waals surface area (Å²) in [5.41, 5.74) is 3.27. The molecule has 1 N–H and O–H groups in total. The number of aromatic nitrogens is 5. The summed E-state index contributed by atoms with van der Waals surface area (Å²) < 4.78 is 6.97. The Hall–Kier alpha value is -3.81. The van der Waals surface area contributed by atoms with Crippen LogP contribution in [0.3, 0.4) is 0 Å². The fraction of sp³-hybridized carbons (Fsp3) is 0.190. The summed E-state index contributed by atoms with van der Waals surface area (Å²) in [5, 5.41) is 6.81. The molecule has 0 saturated heterocycles. The molecule has 146 valence electrons. The summed E-state index contributed by atoms with van der Waals surface area (Å²) in [6, 6.07) is 11.5. The maximum Gasteiger partial charge on any atom is 0.271 e. The van der Waals surface area contributed by atoms with Crippen LogP contribution in [0.15, 0.2) is 59.6 Å². The topological polar surface area (TPSA) is 98.7 Å². The molecule has 3 aromatic heterocycles. The van der Waals surface area contributed by atoms with Gasteiger partial charge < -0.3 is 9.84 Å². The van der Waals surface area contributed by atoms with Crippen molar-refractivity contribution >= 4 is 5.91 Å². The smallest absolute Gasteiger partial charge is 0.271 e. The zero-order valence-corrected chi connectivity index (χ0v) is 16.2. The van der Waals surface area contributed by atoms with Crippen LogP contribution in [0.4, 0.5) is 0 Å². The first-order chi connectivity index (χ1) is 14.1. The molecular weight excluding hydrogens is 368 g/mol. The zero-order valence-electron chi connectivity index (χ0n) is 16.2. The Labute approximate surface area is 167 Å². The fourth-order valence-corrected chi connectivity index (χ4v) is 2.85. The standard InChI is InChI=1S/C21H20N6O2/c1-3-18-25-21(29-26-18)15-8-9-22-19(10-15)27-12-17(24-13-27)20(28)23-11-16-7-5-4-6-14(16)2/h4-10,12-13H,3,11H2,1-2H3,(H,23,28). The Morgan fingerprint density at radius 1 is 1.21 bits per heavy atom. The first-order valence-corrected chi connectivity index (χ1v) is 9.30. The zero-order chi connectivity index (χ0) is 20.2. The number of benzene rings is 1. The average molecular weight is 388 g/mol. The summed E-state index contributed by atoms with van der Waals surface area (Å²) in [7, 11) is 0. The molecule has 0 spiro atoms. The van der Waals surface area contributed by atoms with Gasteiger partial charge in [-0.3, -0.25) is 9.36 Å². The van der Waals surface area contributed by atoms with Crippen LogP contribution in [0.25, 0.3) is 17.3 Å². The molecule has 0 atom stereocenters. The van der Waals surface area contributed by atoms with E-state index < -0.39 is 0 Å².